The van der Waals surface area contributed by atoms with E-state index >= 15 is 0 Å². The lowest BCUT2D eigenvalue weighted by molar-refractivity contribution is -0.290. The maximum atomic E-state index is 13.0. The average molecular weight is 485 g/mol. The second-order valence-electron chi connectivity index (χ2n) is 9.74. The maximum absolute atomic E-state index is 13.0. The van der Waals surface area contributed by atoms with Crippen LogP contribution >= 0.6 is 0 Å². The highest BCUT2D eigenvalue weighted by Crippen LogP contribution is 2.47. The Bertz CT molecular complexity index is 964. The normalized spacial score (nSPS) is 35.9. The molecule has 0 spiro atoms. The van der Waals surface area contributed by atoms with Crippen molar-refractivity contribution in [3.8, 4) is 0 Å². The molecule has 0 unspecified atom stereocenters. The number of para-hydroxylation sites is 1. The molecule has 0 radical (unpaired) electrons. The first-order chi connectivity index (χ1) is 15.5. The van der Waals surface area contributed by atoms with Crippen molar-refractivity contribution in [1.29, 1.82) is 0 Å². The van der Waals surface area contributed by atoms with Crippen LogP contribution in [0.3, 0.4) is 0 Å². The van der Waals surface area contributed by atoms with Gasteiger partial charge in [-0.05, 0) is 39.8 Å². The van der Waals surface area contributed by atoms with E-state index in [0.717, 1.165) is 5.69 Å². The van der Waals surface area contributed by atoms with Crippen molar-refractivity contribution in [2.24, 2.45) is 0 Å². The number of benzene rings is 1. The molecule has 4 saturated heterocycles. The molecule has 1 aromatic rings. The predicted octanol–water partition coefficient (Wildman–Crippen LogP) is 1.47. The van der Waals surface area contributed by atoms with Gasteiger partial charge in [-0.3, -0.25) is 4.18 Å². The molecule has 33 heavy (non-hydrogen) atoms. The van der Waals surface area contributed by atoms with Crippen LogP contribution in [0.4, 0.5) is 5.69 Å². The molecule has 0 aromatic heterocycles. The molecule has 4 fully saturated rings. The smallest absolute Gasteiger partial charge is 0.338 e. The van der Waals surface area contributed by atoms with E-state index in [0.29, 0.717) is 26.2 Å². The summed E-state index contributed by atoms with van der Waals surface area (Å²) in [7, 11) is -4.00. The van der Waals surface area contributed by atoms with Crippen LogP contribution in [0.5, 0.6) is 0 Å². The number of nitrogens with zero attached hydrogens (tertiary/aromatic N) is 2. The maximum Gasteiger partial charge on any atom is 0.338 e. The highest BCUT2D eigenvalue weighted by atomic mass is 32.2. The third-order valence-corrected chi connectivity index (χ3v) is 7.77. The summed E-state index contributed by atoms with van der Waals surface area (Å²) in [5.74, 6) is -3.20. The fourth-order valence-electron chi connectivity index (χ4n) is 4.99. The lowest BCUT2D eigenvalue weighted by Gasteiger charge is -2.40. The van der Waals surface area contributed by atoms with Crippen molar-refractivity contribution in [3.05, 3.63) is 30.3 Å². The Labute approximate surface area is 194 Å². The molecule has 184 valence electrons. The van der Waals surface area contributed by atoms with Gasteiger partial charge in [0, 0.05) is 31.9 Å². The minimum absolute atomic E-state index is 0.184. The number of hydrogen-bond donors (Lipinski definition) is 0. The Hall–Kier alpha value is -1.31. The summed E-state index contributed by atoms with van der Waals surface area (Å²) in [6.45, 7) is 8.81. The van der Waals surface area contributed by atoms with Gasteiger partial charge in [-0.1, -0.05) is 18.2 Å². The van der Waals surface area contributed by atoms with E-state index in [1.807, 2.05) is 44.2 Å². The highest BCUT2D eigenvalue weighted by molar-refractivity contribution is 7.84. The number of piperazine rings is 1. The Morgan fingerprint density at radius 3 is 2.36 bits per heavy atom. The molecule has 4 atom stereocenters. The first-order valence-corrected chi connectivity index (χ1v) is 12.7. The lowest BCUT2D eigenvalue weighted by atomic mass is 9.98. The summed E-state index contributed by atoms with van der Waals surface area (Å²) in [4.78, 5) is 2.15. The SMILES string of the molecule is CC1(C)O[C@H]2[C@@H](CO[C@]3(COS(=O)(=O)N4CCN(c5ccccc5)CC4)OC(C)(C)O[C@@H]23)O1. The molecule has 5 rings (SSSR count). The average Bonchev–Trinajstić information content (AvgIpc) is 3.24. The van der Waals surface area contributed by atoms with Crippen LogP contribution in [0, 0.1) is 0 Å². The fourth-order valence-corrected chi connectivity index (χ4v) is 6.06. The molecule has 0 bridgehead atoms. The van der Waals surface area contributed by atoms with Crippen LogP contribution < -0.4 is 4.90 Å². The Morgan fingerprint density at radius 2 is 1.67 bits per heavy atom. The van der Waals surface area contributed by atoms with E-state index in [2.05, 4.69) is 4.90 Å². The molecule has 0 amide bonds. The molecule has 10 nitrogen and oxygen atoms in total. The van der Waals surface area contributed by atoms with Gasteiger partial charge in [-0.15, -0.1) is 0 Å². The summed E-state index contributed by atoms with van der Waals surface area (Å²) >= 11 is 0. The number of anilines is 1. The Balaban J connectivity index is 1.26. The van der Waals surface area contributed by atoms with Crippen molar-refractivity contribution in [1.82, 2.24) is 4.31 Å². The molecule has 0 saturated carbocycles. The number of rotatable bonds is 5. The molecule has 11 heteroatoms. The van der Waals surface area contributed by atoms with Crippen LogP contribution in [0.25, 0.3) is 0 Å². The van der Waals surface area contributed by atoms with Crippen LogP contribution in [-0.2, 0) is 38.2 Å². The van der Waals surface area contributed by atoms with Gasteiger partial charge in [-0.25, -0.2) is 0 Å². The zero-order valence-corrected chi connectivity index (χ0v) is 20.2. The second kappa shape index (κ2) is 8.13. The largest absolute Gasteiger partial charge is 0.369 e. The van der Waals surface area contributed by atoms with Crippen molar-refractivity contribution < 1.29 is 36.3 Å². The summed E-state index contributed by atoms with van der Waals surface area (Å²) in [5, 5.41) is 0. The molecule has 0 aliphatic carbocycles. The van der Waals surface area contributed by atoms with Crippen LogP contribution in [0.1, 0.15) is 27.7 Å². The van der Waals surface area contributed by atoms with Gasteiger partial charge in [-0.2, -0.15) is 12.7 Å². The summed E-state index contributed by atoms with van der Waals surface area (Å²) < 4.78 is 63.1. The van der Waals surface area contributed by atoms with E-state index in [1.54, 1.807) is 13.8 Å². The van der Waals surface area contributed by atoms with Gasteiger partial charge < -0.3 is 28.6 Å². The van der Waals surface area contributed by atoms with Crippen LogP contribution in [0.2, 0.25) is 0 Å². The van der Waals surface area contributed by atoms with Gasteiger partial charge in [0.05, 0.1) is 6.61 Å². The molecule has 1 aromatic carbocycles. The van der Waals surface area contributed by atoms with Gasteiger partial charge in [0.1, 0.15) is 24.9 Å². The Kier molecular flexibility index (Phi) is 5.77. The second-order valence-corrected chi connectivity index (χ2v) is 11.4. The highest BCUT2D eigenvalue weighted by Gasteiger charge is 2.66. The van der Waals surface area contributed by atoms with E-state index in [4.69, 9.17) is 27.9 Å². The van der Waals surface area contributed by atoms with Crippen molar-refractivity contribution >= 4 is 16.0 Å². The molecule has 4 aliphatic rings. The van der Waals surface area contributed by atoms with Gasteiger partial charge >= 0.3 is 10.3 Å². The standard InChI is InChI=1S/C22H32N2O8S/c1-20(2)29-17-14-27-22(19(18(17)30-20)31-21(3,4)32-22)15-28-33(25,26)24-12-10-23(11-13-24)16-8-6-5-7-9-16/h5-9,17-19H,10-15H2,1-4H3/t17-,18+,19+,22-/m1/s1. The molecule has 0 N–H and O–H groups in total. The van der Waals surface area contributed by atoms with E-state index in [1.165, 1.54) is 4.31 Å². The van der Waals surface area contributed by atoms with Crippen LogP contribution in [0.15, 0.2) is 30.3 Å². The third kappa shape index (κ3) is 4.53. The van der Waals surface area contributed by atoms with Gasteiger partial charge in [0.15, 0.2) is 11.6 Å². The number of fused-ring (bicyclic) bond motifs is 3. The fraction of sp³-hybridized carbons (Fsp3) is 0.727. The van der Waals surface area contributed by atoms with Crippen molar-refractivity contribution in [2.45, 2.75) is 63.4 Å². The topological polar surface area (TPSA) is 96.0 Å². The first-order valence-electron chi connectivity index (χ1n) is 11.3. The van der Waals surface area contributed by atoms with Crippen molar-refractivity contribution in [3.63, 3.8) is 0 Å². The quantitative estimate of drug-likeness (QED) is 0.616. The molecular formula is C22H32N2O8S. The first kappa shape index (κ1) is 23.4. The van der Waals surface area contributed by atoms with Gasteiger partial charge in [0.25, 0.3) is 0 Å². The summed E-state index contributed by atoms with van der Waals surface area (Å²) in [6, 6.07) is 9.93. The third-order valence-electron chi connectivity index (χ3n) is 6.36. The predicted molar refractivity (Wildman–Crippen MR) is 118 cm³/mol. The van der Waals surface area contributed by atoms with Gasteiger partial charge in [0.2, 0.25) is 5.79 Å². The minimum Gasteiger partial charge on any atom is -0.369 e. The summed E-state index contributed by atoms with van der Waals surface area (Å²) in [6.07, 6.45) is -1.49. The number of hydrogen-bond acceptors (Lipinski definition) is 9. The zero-order valence-electron chi connectivity index (χ0n) is 19.4. The molecule has 4 aliphatic heterocycles. The van der Waals surface area contributed by atoms with Crippen molar-refractivity contribution in [2.75, 3.05) is 44.3 Å². The summed E-state index contributed by atoms with van der Waals surface area (Å²) in [5.41, 5.74) is 1.07. The molecular weight excluding hydrogens is 452 g/mol. The van der Waals surface area contributed by atoms with E-state index in [-0.39, 0.29) is 19.3 Å². The Morgan fingerprint density at radius 1 is 0.970 bits per heavy atom. The van der Waals surface area contributed by atoms with Crippen LogP contribution in [-0.4, -0.2) is 87.8 Å². The monoisotopic (exact) mass is 484 g/mol. The lowest BCUT2D eigenvalue weighted by Crippen LogP contribution is -2.61. The van der Waals surface area contributed by atoms with E-state index < -0.39 is 39.9 Å². The minimum atomic E-state index is -4.00. The number of ether oxygens (including phenoxy) is 5. The molecule has 4 heterocycles. The zero-order chi connectivity index (χ0) is 23.5. The van der Waals surface area contributed by atoms with E-state index in [9.17, 15) is 8.42 Å².